The molecule has 0 aliphatic carbocycles. The maximum atomic E-state index is 9.66. The molecule has 2 aliphatic heterocycles. The van der Waals surface area contributed by atoms with Gasteiger partial charge in [-0.05, 0) is 77.7 Å². The lowest BCUT2D eigenvalue weighted by Crippen LogP contribution is -2.58. The first-order valence-electron chi connectivity index (χ1n) is 11.5. The molecule has 1 aromatic carbocycles. The fraction of sp³-hybridized carbons (Fsp3) is 0.750. The highest BCUT2D eigenvalue weighted by atomic mass is 16.5. The Labute approximate surface area is 177 Å². The summed E-state index contributed by atoms with van der Waals surface area (Å²) in [6, 6.07) is 10.3. The van der Waals surface area contributed by atoms with Crippen LogP contribution in [0, 0.1) is 0 Å². The minimum absolute atomic E-state index is 0.209. The number of aliphatic hydroxyl groups excluding tert-OH is 1. The second-order valence-corrected chi connectivity index (χ2v) is 9.31. The van der Waals surface area contributed by atoms with Gasteiger partial charge in [0.15, 0.2) is 0 Å². The molecule has 0 spiro atoms. The van der Waals surface area contributed by atoms with E-state index in [1.807, 2.05) is 0 Å². The Bertz CT molecular complexity index is 597. The van der Waals surface area contributed by atoms with Crippen molar-refractivity contribution in [3.05, 3.63) is 29.8 Å². The van der Waals surface area contributed by atoms with Crippen molar-refractivity contribution >= 4 is 0 Å². The van der Waals surface area contributed by atoms with Crippen LogP contribution in [0.1, 0.15) is 52.5 Å². The van der Waals surface area contributed by atoms with Crippen LogP contribution in [-0.4, -0.2) is 83.4 Å². The SMILES string of the molecule is CC(C)Oc1ccc(CN2CCN(C3CCN(C(C)C)CC3)[C@@H](CCO)C2)cc1. The molecule has 1 N–H and O–H groups in total. The quantitative estimate of drug-likeness (QED) is 0.722. The molecule has 2 saturated heterocycles. The van der Waals surface area contributed by atoms with Crippen molar-refractivity contribution in [2.24, 2.45) is 0 Å². The Hall–Kier alpha value is -1.14. The number of aliphatic hydroxyl groups is 1. The fourth-order valence-corrected chi connectivity index (χ4v) is 4.90. The summed E-state index contributed by atoms with van der Waals surface area (Å²) in [6.45, 7) is 15.7. The molecule has 3 rings (SSSR count). The average Bonchev–Trinajstić information content (AvgIpc) is 2.70. The molecule has 0 amide bonds. The van der Waals surface area contributed by atoms with Gasteiger partial charge in [-0.25, -0.2) is 0 Å². The average molecular weight is 404 g/mol. The first-order chi connectivity index (χ1) is 14.0. The molecule has 5 nitrogen and oxygen atoms in total. The van der Waals surface area contributed by atoms with Gasteiger partial charge in [0, 0.05) is 50.9 Å². The summed E-state index contributed by atoms with van der Waals surface area (Å²) in [6.07, 6.45) is 3.61. The lowest BCUT2D eigenvalue weighted by atomic mass is 9.97. The van der Waals surface area contributed by atoms with Gasteiger partial charge < -0.3 is 14.7 Å². The van der Waals surface area contributed by atoms with Crippen LogP contribution in [0.5, 0.6) is 5.75 Å². The summed E-state index contributed by atoms with van der Waals surface area (Å²) in [7, 11) is 0. The van der Waals surface area contributed by atoms with Crippen LogP contribution < -0.4 is 4.74 Å². The summed E-state index contributed by atoms with van der Waals surface area (Å²) in [5.41, 5.74) is 1.34. The first-order valence-corrected chi connectivity index (χ1v) is 11.5. The summed E-state index contributed by atoms with van der Waals surface area (Å²) in [5.74, 6) is 0.944. The van der Waals surface area contributed by atoms with Gasteiger partial charge in [-0.2, -0.15) is 0 Å². The Morgan fingerprint density at radius 2 is 1.69 bits per heavy atom. The van der Waals surface area contributed by atoms with Gasteiger partial charge in [0.25, 0.3) is 0 Å². The van der Waals surface area contributed by atoms with Crippen LogP contribution >= 0.6 is 0 Å². The van der Waals surface area contributed by atoms with Gasteiger partial charge in [-0.15, -0.1) is 0 Å². The molecular formula is C24H41N3O2. The number of hydrogen-bond donors (Lipinski definition) is 1. The maximum absolute atomic E-state index is 9.66. The molecule has 164 valence electrons. The minimum Gasteiger partial charge on any atom is -0.491 e. The second kappa shape index (κ2) is 10.8. The molecular weight excluding hydrogens is 362 g/mol. The summed E-state index contributed by atoms with van der Waals surface area (Å²) in [5, 5.41) is 9.66. The lowest BCUT2D eigenvalue weighted by molar-refractivity contribution is -0.0000353. The second-order valence-electron chi connectivity index (χ2n) is 9.31. The largest absolute Gasteiger partial charge is 0.491 e. The van der Waals surface area contributed by atoms with Gasteiger partial charge in [0.05, 0.1) is 6.10 Å². The monoisotopic (exact) mass is 403 g/mol. The predicted octanol–water partition coefficient (Wildman–Crippen LogP) is 3.22. The normalized spacial score (nSPS) is 23.2. The van der Waals surface area contributed by atoms with E-state index >= 15 is 0 Å². The highest BCUT2D eigenvalue weighted by Crippen LogP contribution is 2.25. The van der Waals surface area contributed by atoms with E-state index in [1.165, 1.54) is 31.5 Å². The van der Waals surface area contributed by atoms with Crippen LogP contribution in [-0.2, 0) is 6.54 Å². The van der Waals surface area contributed by atoms with E-state index < -0.39 is 0 Å². The minimum atomic E-state index is 0.209. The van der Waals surface area contributed by atoms with E-state index in [0.717, 1.165) is 38.3 Å². The molecule has 0 saturated carbocycles. The Balaban J connectivity index is 1.54. The van der Waals surface area contributed by atoms with Crippen LogP contribution in [0.4, 0.5) is 0 Å². The van der Waals surface area contributed by atoms with Crippen molar-refractivity contribution < 1.29 is 9.84 Å². The van der Waals surface area contributed by atoms with E-state index in [2.05, 4.69) is 66.7 Å². The molecule has 2 heterocycles. The van der Waals surface area contributed by atoms with Gasteiger partial charge in [-0.3, -0.25) is 9.80 Å². The number of piperidine rings is 1. The maximum Gasteiger partial charge on any atom is 0.119 e. The van der Waals surface area contributed by atoms with E-state index in [9.17, 15) is 5.11 Å². The predicted molar refractivity (Wildman–Crippen MR) is 119 cm³/mol. The molecule has 0 aromatic heterocycles. The zero-order valence-electron chi connectivity index (χ0n) is 18.9. The number of ether oxygens (including phenoxy) is 1. The Morgan fingerprint density at radius 1 is 1.00 bits per heavy atom. The third kappa shape index (κ3) is 6.42. The molecule has 29 heavy (non-hydrogen) atoms. The van der Waals surface area contributed by atoms with Gasteiger partial charge >= 0.3 is 0 Å². The highest BCUT2D eigenvalue weighted by molar-refractivity contribution is 5.27. The molecule has 5 heteroatoms. The van der Waals surface area contributed by atoms with E-state index in [4.69, 9.17) is 4.74 Å². The van der Waals surface area contributed by atoms with Crippen molar-refractivity contribution in [2.45, 2.75) is 77.7 Å². The van der Waals surface area contributed by atoms with E-state index in [-0.39, 0.29) is 12.7 Å². The molecule has 2 aliphatic rings. The number of nitrogens with zero attached hydrogens (tertiary/aromatic N) is 3. The number of rotatable bonds is 8. The fourth-order valence-electron chi connectivity index (χ4n) is 4.90. The zero-order valence-corrected chi connectivity index (χ0v) is 18.9. The van der Waals surface area contributed by atoms with E-state index in [1.54, 1.807) is 0 Å². The van der Waals surface area contributed by atoms with Crippen molar-refractivity contribution in [3.63, 3.8) is 0 Å². The van der Waals surface area contributed by atoms with Crippen LogP contribution in [0.25, 0.3) is 0 Å². The smallest absolute Gasteiger partial charge is 0.119 e. The Kier molecular flexibility index (Phi) is 8.36. The van der Waals surface area contributed by atoms with E-state index in [0.29, 0.717) is 18.1 Å². The third-order valence-electron chi connectivity index (χ3n) is 6.47. The highest BCUT2D eigenvalue weighted by Gasteiger charge is 2.33. The zero-order chi connectivity index (χ0) is 20.8. The summed E-state index contributed by atoms with van der Waals surface area (Å²) in [4.78, 5) is 7.86. The standard InChI is InChI=1S/C24H41N3O2/c1-19(2)26-12-9-22(10-13-26)27-15-14-25(18-23(27)11-16-28)17-21-5-7-24(8-6-21)29-20(3)4/h5-8,19-20,22-23,28H,9-18H2,1-4H3/t23-/m0/s1. The number of likely N-dealkylation sites (tertiary alicyclic amines) is 1. The summed E-state index contributed by atoms with van der Waals surface area (Å²) >= 11 is 0. The Morgan fingerprint density at radius 3 is 2.28 bits per heavy atom. The van der Waals surface area contributed by atoms with Crippen LogP contribution in [0.3, 0.4) is 0 Å². The summed E-state index contributed by atoms with van der Waals surface area (Å²) < 4.78 is 5.76. The number of benzene rings is 1. The molecule has 1 aromatic rings. The molecule has 0 radical (unpaired) electrons. The van der Waals surface area contributed by atoms with Crippen LogP contribution in [0.2, 0.25) is 0 Å². The van der Waals surface area contributed by atoms with Gasteiger partial charge in [-0.1, -0.05) is 12.1 Å². The van der Waals surface area contributed by atoms with Crippen molar-refractivity contribution in [1.29, 1.82) is 0 Å². The van der Waals surface area contributed by atoms with Gasteiger partial charge in [0.2, 0.25) is 0 Å². The van der Waals surface area contributed by atoms with Crippen molar-refractivity contribution in [3.8, 4) is 5.75 Å². The molecule has 0 bridgehead atoms. The van der Waals surface area contributed by atoms with Crippen LogP contribution in [0.15, 0.2) is 24.3 Å². The molecule has 0 unspecified atom stereocenters. The topological polar surface area (TPSA) is 39.2 Å². The molecule has 2 fully saturated rings. The molecule has 1 atom stereocenters. The lowest BCUT2D eigenvalue weighted by Gasteiger charge is -2.48. The van der Waals surface area contributed by atoms with Crippen molar-refractivity contribution in [2.75, 3.05) is 39.3 Å². The third-order valence-corrected chi connectivity index (χ3v) is 6.47. The van der Waals surface area contributed by atoms with Crippen molar-refractivity contribution in [1.82, 2.24) is 14.7 Å². The first kappa shape index (κ1) is 22.5. The number of hydrogen-bond acceptors (Lipinski definition) is 5. The number of piperazine rings is 1. The van der Waals surface area contributed by atoms with Gasteiger partial charge in [0.1, 0.15) is 5.75 Å².